The molecule has 0 aromatic carbocycles. The molecule has 88 valence electrons. The van der Waals surface area contributed by atoms with Gasteiger partial charge in [0, 0.05) is 5.92 Å². The predicted octanol–water partition coefficient (Wildman–Crippen LogP) is 3.25. The van der Waals surface area contributed by atoms with Crippen LogP contribution in [0.4, 0.5) is 0 Å². The lowest BCUT2D eigenvalue weighted by Crippen LogP contribution is -2.24. The van der Waals surface area contributed by atoms with E-state index in [0.717, 1.165) is 10.8 Å². The van der Waals surface area contributed by atoms with Gasteiger partial charge < -0.3 is 4.74 Å². The summed E-state index contributed by atoms with van der Waals surface area (Å²) in [7, 11) is 0. The minimum atomic E-state index is -0.209. The van der Waals surface area contributed by atoms with Crippen LogP contribution >= 0.6 is 11.8 Å². The molecule has 0 unspecified atom stereocenters. The molecule has 0 N–H and O–H groups in total. The average Bonchev–Trinajstić information content (AvgIpc) is 2.98. The van der Waals surface area contributed by atoms with Gasteiger partial charge in [-0.1, -0.05) is 0 Å². The summed E-state index contributed by atoms with van der Waals surface area (Å²) < 4.78 is 5.87. The molecular weight excluding hydrogens is 220 g/mol. The normalized spacial score (nSPS) is 16.2. The Kier molecular flexibility index (Phi) is 3.10. The summed E-state index contributed by atoms with van der Waals surface area (Å²) in [6, 6.07) is 0. The molecule has 1 aromatic rings. The molecule has 2 rings (SSSR count). The third-order valence-electron chi connectivity index (χ3n) is 2.37. The summed E-state index contributed by atoms with van der Waals surface area (Å²) in [5.41, 5.74) is 0.960. The second kappa shape index (κ2) is 4.24. The SMILES string of the molecule is CSc1c(OC(C)(C)C)ncnc1C1CC1. The van der Waals surface area contributed by atoms with Gasteiger partial charge in [0.05, 0.1) is 10.6 Å². The highest BCUT2D eigenvalue weighted by atomic mass is 32.2. The second-order valence-corrected chi connectivity index (χ2v) is 5.90. The lowest BCUT2D eigenvalue weighted by molar-refractivity contribution is 0.119. The first kappa shape index (κ1) is 11.7. The van der Waals surface area contributed by atoms with Crippen molar-refractivity contribution in [3.8, 4) is 5.88 Å². The van der Waals surface area contributed by atoms with E-state index in [-0.39, 0.29) is 5.60 Å². The predicted molar refractivity (Wildman–Crippen MR) is 66.2 cm³/mol. The summed E-state index contributed by atoms with van der Waals surface area (Å²) >= 11 is 1.68. The van der Waals surface area contributed by atoms with Crippen LogP contribution in [0.5, 0.6) is 5.88 Å². The van der Waals surface area contributed by atoms with Crippen molar-refractivity contribution >= 4 is 11.8 Å². The largest absolute Gasteiger partial charge is 0.471 e. The molecule has 1 aliphatic carbocycles. The molecule has 0 spiro atoms. The van der Waals surface area contributed by atoms with Crippen molar-refractivity contribution in [3.63, 3.8) is 0 Å². The Morgan fingerprint density at radius 1 is 1.31 bits per heavy atom. The summed E-state index contributed by atoms with van der Waals surface area (Å²) in [5, 5.41) is 0. The molecule has 4 heteroatoms. The standard InChI is InChI=1S/C12H18N2OS/c1-12(2,3)15-11-10(16-4)9(8-5-6-8)13-7-14-11/h7-8H,5-6H2,1-4H3. The van der Waals surface area contributed by atoms with Gasteiger partial charge in [0.2, 0.25) is 5.88 Å². The summed E-state index contributed by atoms with van der Waals surface area (Å²) in [5.74, 6) is 1.37. The molecule has 0 atom stereocenters. The van der Waals surface area contributed by atoms with Gasteiger partial charge in [-0.15, -0.1) is 11.8 Å². The molecule has 1 heterocycles. The maximum absolute atomic E-state index is 5.87. The molecule has 1 aliphatic rings. The number of hydrogen-bond acceptors (Lipinski definition) is 4. The highest BCUT2D eigenvalue weighted by molar-refractivity contribution is 7.98. The van der Waals surface area contributed by atoms with Crippen molar-refractivity contribution in [2.45, 2.75) is 50.0 Å². The van der Waals surface area contributed by atoms with Crippen LogP contribution in [0, 0.1) is 0 Å². The first-order chi connectivity index (χ1) is 7.51. The number of ether oxygens (including phenoxy) is 1. The van der Waals surface area contributed by atoms with Crippen LogP contribution in [0.15, 0.2) is 11.2 Å². The third kappa shape index (κ3) is 2.67. The fourth-order valence-corrected chi connectivity index (χ4v) is 2.27. The molecule has 1 aromatic heterocycles. The first-order valence-electron chi connectivity index (χ1n) is 5.59. The number of nitrogens with zero attached hydrogens (tertiary/aromatic N) is 2. The molecule has 0 amide bonds. The van der Waals surface area contributed by atoms with Gasteiger partial charge in [-0.2, -0.15) is 0 Å². The van der Waals surface area contributed by atoms with E-state index in [9.17, 15) is 0 Å². The molecule has 0 saturated heterocycles. The van der Waals surface area contributed by atoms with Gasteiger partial charge in [-0.25, -0.2) is 9.97 Å². The van der Waals surface area contributed by atoms with E-state index in [1.165, 1.54) is 18.5 Å². The molecule has 0 aliphatic heterocycles. The fourth-order valence-electron chi connectivity index (χ4n) is 1.57. The highest BCUT2D eigenvalue weighted by Gasteiger charge is 2.30. The smallest absolute Gasteiger partial charge is 0.231 e. The Morgan fingerprint density at radius 2 is 2.00 bits per heavy atom. The second-order valence-electron chi connectivity index (χ2n) is 5.09. The van der Waals surface area contributed by atoms with Gasteiger partial charge >= 0.3 is 0 Å². The van der Waals surface area contributed by atoms with Crippen molar-refractivity contribution in [1.29, 1.82) is 0 Å². The number of thioether (sulfide) groups is 1. The van der Waals surface area contributed by atoms with Crippen LogP contribution in [-0.2, 0) is 0 Å². The Balaban J connectivity index is 2.33. The fraction of sp³-hybridized carbons (Fsp3) is 0.667. The Hall–Kier alpha value is -0.770. The summed E-state index contributed by atoms with van der Waals surface area (Å²) in [6.07, 6.45) is 6.17. The minimum Gasteiger partial charge on any atom is -0.471 e. The maximum Gasteiger partial charge on any atom is 0.231 e. The summed E-state index contributed by atoms with van der Waals surface area (Å²) in [4.78, 5) is 9.75. The zero-order valence-corrected chi connectivity index (χ0v) is 11.1. The van der Waals surface area contributed by atoms with Crippen molar-refractivity contribution in [2.24, 2.45) is 0 Å². The minimum absolute atomic E-state index is 0.209. The van der Waals surface area contributed by atoms with Gasteiger partial charge in [0.25, 0.3) is 0 Å². The van der Waals surface area contributed by atoms with Crippen molar-refractivity contribution in [3.05, 3.63) is 12.0 Å². The molecule has 3 nitrogen and oxygen atoms in total. The molecule has 0 bridgehead atoms. The molecule has 1 fully saturated rings. The lowest BCUT2D eigenvalue weighted by atomic mass is 10.2. The molecule has 16 heavy (non-hydrogen) atoms. The van der Waals surface area contributed by atoms with Gasteiger partial charge in [-0.05, 0) is 39.9 Å². The van der Waals surface area contributed by atoms with Gasteiger partial charge in [0.15, 0.2) is 0 Å². The van der Waals surface area contributed by atoms with Crippen molar-refractivity contribution in [2.75, 3.05) is 6.26 Å². The number of hydrogen-bond donors (Lipinski definition) is 0. The molecule has 1 saturated carbocycles. The van der Waals surface area contributed by atoms with Crippen LogP contribution in [0.1, 0.15) is 45.2 Å². The number of aromatic nitrogens is 2. The van der Waals surface area contributed by atoms with E-state index in [2.05, 4.69) is 16.2 Å². The Bertz CT molecular complexity index is 383. The summed E-state index contributed by atoms with van der Waals surface area (Å²) in [6.45, 7) is 6.11. The molecule has 0 radical (unpaired) electrons. The van der Waals surface area contributed by atoms with Crippen LogP contribution in [0.2, 0.25) is 0 Å². The average molecular weight is 238 g/mol. The zero-order chi connectivity index (χ0) is 11.8. The zero-order valence-electron chi connectivity index (χ0n) is 10.3. The van der Waals surface area contributed by atoms with E-state index < -0.39 is 0 Å². The van der Waals surface area contributed by atoms with Crippen LogP contribution < -0.4 is 4.74 Å². The van der Waals surface area contributed by atoms with Gasteiger partial charge in [0.1, 0.15) is 11.9 Å². The van der Waals surface area contributed by atoms with Crippen LogP contribution in [-0.4, -0.2) is 21.8 Å². The van der Waals surface area contributed by atoms with E-state index in [1.54, 1.807) is 18.1 Å². The van der Waals surface area contributed by atoms with E-state index >= 15 is 0 Å². The Morgan fingerprint density at radius 3 is 2.50 bits per heavy atom. The third-order valence-corrected chi connectivity index (χ3v) is 3.16. The lowest BCUT2D eigenvalue weighted by Gasteiger charge is -2.22. The topological polar surface area (TPSA) is 35.0 Å². The van der Waals surface area contributed by atoms with Gasteiger partial charge in [-0.3, -0.25) is 0 Å². The highest BCUT2D eigenvalue weighted by Crippen LogP contribution is 2.45. The monoisotopic (exact) mass is 238 g/mol. The van der Waals surface area contributed by atoms with Crippen molar-refractivity contribution < 1.29 is 4.74 Å². The first-order valence-corrected chi connectivity index (χ1v) is 6.81. The maximum atomic E-state index is 5.87. The van der Waals surface area contributed by atoms with Crippen molar-refractivity contribution in [1.82, 2.24) is 9.97 Å². The van der Waals surface area contributed by atoms with E-state index in [0.29, 0.717) is 5.92 Å². The van der Waals surface area contributed by atoms with Crippen LogP contribution in [0.3, 0.4) is 0 Å². The number of rotatable bonds is 3. The molecular formula is C12H18N2OS. The Labute approximate surface area is 101 Å². The van der Waals surface area contributed by atoms with Crippen LogP contribution in [0.25, 0.3) is 0 Å². The van der Waals surface area contributed by atoms with E-state index in [4.69, 9.17) is 4.74 Å². The quantitative estimate of drug-likeness (QED) is 0.757. The van der Waals surface area contributed by atoms with E-state index in [1.807, 2.05) is 20.8 Å².